The second-order valence-electron chi connectivity index (χ2n) is 5.54. The fraction of sp³-hybridized carbons (Fsp3) is 0.562. The summed E-state index contributed by atoms with van der Waals surface area (Å²) in [6, 6.07) is 10.7. The zero-order valence-electron chi connectivity index (χ0n) is 12.6. The summed E-state index contributed by atoms with van der Waals surface area (Å²) in [5.74, 6) is 0.706. The third kappa shape index (κ3) is 3.89. The van der Waals surface area contributed by atoms with Crippen molar-refractivity contribution in [1.29, 1.82) is 0 Å². The van der Waals surface area contributed by atoms with Crippen LogP contribution in [0.25, 0.3) is 0 Å². The van der Waals surface area contributed by atoms with Crippen LogP contribution in [-0.4, -0.2) is 43.6 Å². The Morgan fingerprint density at radius 2 is 1.90 bits per heavy atom. The van der Waals surface area contributed by atoms with E-state index in [1.54, 1.807) is 0 Å². The van der Waals surface area contributed by atoms with E-state index in [-0.39, 0.29) is 0 Å². The molecule has 0 spiro atoms. The average molecular weight is 274 g/mol. The van der Waals surface area contributed by atoms with Crippen molar-refractivity contribution < 1.29 is 0 Å². The average Bonchev–Trinajstić information content (AvgIpc) is 2.53. The van der Waals surface area contributed by atoms with Gasteiger partial charge in [-0.3, -0.25) is 4.99 Å². The minimum Gasteiger partial charge on any atom is -0.370 e. The van der Waals surface area contributed by atoms with Gasteiger partial charge < -0.3 is 15.5 Å². The number of para-hydroxylation sites is 1. The smallest absolute Gasteiger partial charge is 0.191 e. The minimum absolute atomic E-state index is 0.334. The lowest BCUT2D eigenvalue weighted by atomic mass is 10.1. The summed E-state index contributed by atoms with van der Waals surface area (Å²) in [5, 5.41) is 0. The van der Waals surface area contributed by atoms with E-state index >= 15 is 0 Å². The van der Waals surface area contributed by atoms with Crippen LogP contribution in [0.15, 0.2) is 35.3 Å². The largest absolute Gasteiger partial charge is 0.370 e. The van der Waals surface area contributed by atoms with E-state index in [0.29, 0.717) is 12.0 Å². The first-order valence-electron chi connectivity index (χ1n) is 7.51. The number of benzene rings is 1. The van der Waals surface area contributed by atoms with Crippen molar-refractivity contribution >= 4 is 11.6 Å². The van der Waals surface area contributed by atoms with Crippen LogP contribution in [0.1, 0.15) is 26.2 Å². The summed E-state index contributed by atoms with van der Waals surface area (Å²) in [7, 11) is 2.10. The number of hydrogen-bond acceptors (Lipinski definition) is 2. The Morgan fingerprint density at radius 3 is 2.55 bits per heavy atom. The van der Waals surface area contributed by atoms with Gasteiger partial charge in [0.25, 0.3) is 0 Å². The van der Waals surface area contributed by atoms with Crippen LogP contribution < -0.4 is 10.6 Å². The molecule has 1 aromatic rings. The molecule has 2 N–H and O–H groups in total. The predicted octanol–water partition coefficient (Wildman–Crippen LogP) is 2.31. The SMILES string of the molecule is CC(CN=C(N)N1CCCCC1)N(C)c1ccccc1. The lowest BCUT2D eigenvalue weighted by Gasteiger charge is -2.29. The summed E-state index contributed by atoms with van der Waals surface area (Å²) in [6.45, 7) is 5.02. The van der Waals surface area contributed by atoms with E-state index in [4.69, 9.17) is 5.73 Å². The normalized spacial score (nSPS) is 17.9. The van der Waals surface area contributed by atoms with Crippen LogP contribution in [0.4, 0.5) is 5.69 Å². The number of anilines is 1. The van der Waals surface area contributed by atoms with E-state index in [1.165, 1.54) is 24.9 Å². The van der Waals surface area contributed by atoms with Crippen LogP contribution in [0.3, 0.4) is 0 Å². The number of nitrogens with zero attached hydrogens (tertiary/aromatic N) is 3. The molecule has 1 aliphatic rings. The highest BCUT2D eigenvalue weighted by Crippen LogP contribution is 2.14. The number of likely N-dealkylation sites (N-methyl/N-ethyl adjacent to an activating group) is 1. The highest BCUT2D eigenvalue weighted by atomic mass is 15.3. The monoisotopic (exact) mass is 274 g/mol. The molecule has 110 valence electrons. The quantitative estimate of drug-likeness (QED) is 0.677. The molecule has 0 saturated carbocycles. The predicted molar refractivity (Wildman–Crippen MR) is 86.2 cm³/mol. The van der Waals surface area contributed by atoms with Crippen molar-refractivity contribution in [2.24, 2.45) is 10.7 Å². The molecular weight excluding hydrogens is 248 g/mol. The van der Waals surface area contributed by atoms with Gasteiger partial charge in [0.05, 0.1) is 6.54 Å². The number of rotatable bonds is 4. The van der Waals surface area contributed by atoms with Crippen molar-refractivity contribution in [3.63, 3.8) is 0 Å². The molecule has 1 unspecified atom stereocenters. The van der Waals surface area contributed by atoms with E-state index in [1.807, 2.05) is 6.07 Å². The second kappa shape index (κ2) is 7.17. The van der Waals surface area contributed by atoms with Crippen LogP contribution in [0.2, 0.25) is 0 Å². The highest BCUT2D eigenvalue weighted by molar-refractivity contribution is 5.78. The summed E-state index contributed by atoms with van der Waals surface area (Å²) >= 11 is 0. The number of hydrogen-bond donors (Lipinski definition) is 1. The van der Waals surface area contributed by atoms with Gasteiger partial charge in [0.1, 0.15) is 0 Å². The van der Waals surface area contributed by atoms with Crippen LogP contribution >= 0.6 is 0 Å². The van der Waals surface area contributed by atoms with Crippen molar-refractivity contribution in [2.75, 3.05) is 31.6 Å². The molecule has 1 fully saturated rings. The molecule has 1 aromatic carbocycles. The van der Waals surface area contributed by atoms with Crippen LogP contribution in [-0.2, 0) is 0 Å². The maximum atomic E-state index is 6.09. The fourth-order valence-electron chi connectivity index (χ4n) is 2.49. The van der Waals surface area contributed by atoms with Gasteiger partial charge in [0, 0.05) is 31.9 Å². The van der Waals surface area contributed by atoms with E-state index in [2.05, 4.69) is 53.0 Å². The van der Waals surface area contributed by atoms with E-state index in [0.717, 1.165) is 19.6 Å². The maximum Gasteiger partial charge on any atom is 0.191 e. The maximum absolute atomic E-state index is 6.09. The Hall–Kier alpha value is -1.71. The first kappa shape index (κ1) is 14.7. The highest BCUT2D eigenvalue weighted by Gasteiger charge is 2.13. The zero-order chi connectivity index (χ0) is 14.4. The number of guanidine groups is 1. The molecule has 0 radical (unpaired) electrons. The Balaban J connectivity index is 1.89. The molecule has 1 saturated heterocycles. The molecule has 4 nitrogen and oxygen atoms in total. The summed E-state index contributed by atoms with van der Waals surface area (Å²) < 4.78 is 0. The van der Waals surface area contributed by atoms with Crippen molar-refractivity contribution in [2.45, 2.75) is 32.2 Å². The molecule has 0 aliphatic carbocycles. The molecule has 0 amide bonds. The zero-order valence-corrected chi connectivity index (χ0v) is 12.6. The fourth-order valence-corrected chi connectivity index (χ4v) is 2.49. The van der Waals surface area contributed by atoms with Gasteiger partial charge in [0.2, 0.25) is 0 Å². The van der Waals surface area contributed by atoms with Gasteiger partial charge >= 0.3 is 0 Å². The van der Waals surface area contributed by atoms with Gasteiger partial charge in [0.15, 0.2) is 5.96 Å². The Kier molecular flexibility index (Phi) is 5.27. The third-order valence-electron chi connectivity index (χ3n) is 4.02. The van der Waals surface area contributed by atoms with E-state index < -0.39 is 0 Å². The topological polar surface area (TPSA) is 44.9 Å². The number of likely N-dealkylation sites (tertiary alicyclic amines) is 1. The number of piperidine rings is 1. The Bertz CT molecular complexity index is 423. The standard InChI is InChI=1S/C16H26N4/c1-14(19(2)15-9-5-3-6-10-15)13-18-16(17)20-11-7-4-8-12-20/h3,5-6,9-10,14H,4,7-8,11-13H2,1-2H3,(H2,17,18). The lowest BCUT2D eigenvalue weighted by molar-refractivity contribution is 0.338. The molecule has 1 aliphatic heterocycles. The van der Waals surface area contributed by atoms with Crippen LogP contribution in [0, 0.1) is 0 Å². The van der Waals surface area contributed by atoms with Crippen molar-refractivity contribution in [1.82, 2.24) is 4.90 Å². The molecule has 20 heavy (non-hydrogen) atoms. The summed E-state index contributed by atoms with van der Waals surface area (Å²) in [6.07, 6.45) is 3.78. The number of nitrogens with two attached hydrogens (primary N) is 1. The van der Waals surface area contributed by atoms with E-state index in [9.17, 15) is 0 Å². The lowest BCUT2D eigenvalue weighted by Crippen LogP contribution is -2.42. The Labute approximate surface area is 122 Å². The minimum atomic E-state index is 0.334. The summed E-state index contributed by atoms with van der Waals surface area (Å²) in [5.41, 5.74) is 7.31. The van der Waals surface area contributed by atoms with Gasteiger partial charge in [-0.25, -0.2) is 0 Å². The third-order valence-corrected chi connectivity index (χ3v) is 4.02. The van der Waals surface area contributed by atoms with Gasteiger partial charge in [-0.05, 0) is 38.3 Å². The van der Waals surface area contributed by atoms with Gasteiger partial charge in [-0.15, -0.1) is 0 Å². The van der Waals surface area contributed by atoms with Crippen LogP contribution in [0.5, 0.6) is 0 Å². The molecule has 1 heterocycles. The molecule has 4 heteroatoms. The summed E-state index contributed by atoms with van der Waals surface area (Å²) in [4.78, 5) is 9.02. The Morgan fingerprint density at radius 1 is 1.25 bits per heavy atom. The van der Waals surface area contributed by atoms with Crippen molar-refractivity contribution in [3.05, 3.63) is 30.3 Å². The van der Waals surface area contributed by atoms with Gasteiger partial charge in [-0.2, -0.15) is 0 Å². The molecule has 0 aromatic heterocycles. The second-order valence-corrected chi connectivity index (χ2v) is 5.54. The molecule has 2 rings (SSSR count). The molecular formula is C16H26N4. The molecule has 0 bridgehead atoms. The number of aliphatic imine (C=N–C) groups is 1. The van der Waals surface area contributed by atoms with Gasteiger partial charge in [-0.1, -0.05) is 18.2 Å². The van der Waals surface area contributed by atoms with Crippen molar-refractivity contribution in [3.8, 4) is 0 Å². The first-order chi connectivity index (χ1) is 9.68. The molecule has 1 atom stereocenters. The first-order valence-corrected chi connectivity index (χ1v) is 7.51.